The van der Waals surface area contributed by atoms with Gasteiger partial charge < -0.3 is 5.11 Å². The van der Waals surface area contributed by atoms with Crippen LogP contribution in [-0.4, -0.2) is 20.9 Å². The molecule has 0 fully saturated rings. The standard InChI is InChI=1S/C11H10N2O2S/c1-5(14)6-2-3-7-8(6)9-10(15)12-4-13-11(9)16-7/h4,6H,2-3H2,1H3,(H,12,13,15)/i2D2,3D2. The van der Waals surface area contributed by atoms with E-state index in [9.17, 15) is 9.90 Å². The van der Waals surface area contributed by atoms with Crippen LogP contribution < -0.4 is 0 Å². The van der Waals surface area contributed by atoms with Crippen molar-refractivity contribution in [2.45, 2.75) is 25.6 Å². The highest BCUT2D eigenvalue weighted by molar-refractivity contribution is 7.19. The molecule has 82 valence electrons. The number of rotatable bonds is 1. The number of Topliss-reactive ketones (excluding diaryl/α,β-unsaturated/α-hetero) is 1. The largest absolute Gasteiger partial charge is 0.493 e. The molecule has 3 rings (SSSR count). The van der Waals surface area contributed by atoms with E-state index in [-0.39, 0.29) is 21.7 Å². The highest BCUT2D eigenvalue weighted by atomic mass is 32.1. The van der Waals surface area contributed by atoms with Crippen LogP contribution in [0.1, 0.15) is 35.1 Å². The summed E-state index contributed by atoms with van der Waals surface area (Å²) in [6, 6.07) is 0. The number of nitrogens with zero attached hydrogens (tertiary/aromatic N) is 2. The van der Waals surface area contributed by atoms with E-state index in [4.69, 9.17) is 5.48 Å². The van der Waals surface area contributed by atoms with Crippen molar-refractivity contribution in [3.63, 3.8) is 0 Å². The van der Waals surface area contributed by atoms with Crippen LogP contribution in [0.25, 0.3) is 10.2 Å². The van der Waals surface area contributed by atoms with Crippen LogP contribution in [0, 0.1) is 0 Å². The van der Waals surface area contributed by atoms with Crippen molar-refractivity contribution >= 4 is 27.3 Å². The third kappa shape index (κ3) is 1.18. The van der Waals surface area contributed by atoms with E-state index in [2.05, 4.69) is 9.97 Å². The third-order valence-electron chi connectivity index (χ3n) is 2.53. The van der Waals surface area contributed by atoms with Gasteiger partial charge in [0.25, 0.3) is 0 Å². The Labute approximate surface area is 102 Å². The predicted octanol–water partition coefficient (Wildman–Crippen LogP) is 2.02. The maximum Gasteiger partial charge on any atom is 0.223 e. The zero-order valence-electron chi connectivity index (χ0n) is 12.3. The lowest BCUT2D eigenvalue weighted by Gasteiger charge is -2.06. The van der Waals surface area contributed by atoms with Gasteiger partial charge >= 0.3 is 0 Å². The Morgan fingerprint density at radius 3 is 3.25 bits per heavy atom. The molecule has 0 aromatic carbocycles. The van der Waals surface area contributed by atoms with Crippen LogP contribution in [0.2, 0.25) is 0 Å². The third-order valence-corrected chi connectivity index (χ3v) is 3.56. The molecule has 0 saturated heterocycles. The Balaban J connectivity index is 2.46. The molecule has 5 heteroatoms. The average molecular weight is 238 g/mol. The second-order valence-electron chi connectivity index (χ2n) is 3.54. The molecule has 1 unspecified atom stereocenters. The number of carbonyl (C=O) groups excluding carboxylic acids is 1. The fourth-order valence-electron chi connectivity index (χ4n) is 1.82. The summed E-state index contributed by atoms with van der Waals surface area (Å²) < 4.78 is 32.0. The minimum atomic E-state index is -2.36. The smallest absolute Gasteiger partial charge is 0.223 e. The first kappa shape index (κ1) is 6.30. The molecule has 1 aliphatic rings. The number of aryl methyl sites for hydroxylation is 1. The fourth-order valence-corrected chi connectivity index (χ4v) is 2.86. The van der Waals surface area contributed by atoms with E-state index in [1.54, 1.807) is 0 Å². The number of aromatic hydroxyl groups is 1. The van der Waals surface area contributed by atoms with Crippen LogP contribution in [0.3, 0.4) is 0 Å². The van der Waals surface area contributed by atoms with Gasteiger partial charge in [-0.3, -0.25) is 4.79 Å². The summed E-state index contributed by atoms with van der Waals surface area (Å²) in [6.07, 6.45) is -3.52. The Morgan fingerprint density at radius 2 is 2.50 bits per heavy atom. The summed E-state index contributed by atoms with van der Waals surface area (Å²) in [6.45, 7) is 1.22. The van der Waals surface area contributed by atoms with E-state index in [0.29, 0.717) is 4.83 Å². The van der Waals surface area contributed by atoms with Gasteiger partial charge in [-0.05, 0) is 25.2 Å². The van der Waals surface area contributed by atoms with Crippen LogP contribution in [0.5, 0.6) is 5.88 Å². The van der Waals surface area contributed by atoms with E-state index in [0.717, 1.165) is 17.7 Å². The second-order valence-corrected chi connectivity index (χ2v) is 4.53. The zero-order valence-corrected chi connectivity index (χ0v) is 9.13. The minimum absolute atomic E-state index is 0.105. The van der Waals surface area contributed by atoms with Gasteiger partial charge in [0, 0.05) is 16.3 Å². The molecule has 16 heavy (non-hydrogen) atoms. The molecule has 1 atom stereocenters. The topological polar surface area (TPSA) is 63.1 Å². The molecule has 0 spiro atoms. The Morgan fingerprint density at radius 1 is 1.69 bits per heavy atom. The van der Waals surface area contributed by atoms with Crippen LogP contribution in [0.4, 0.5) is 0 Å². The second kappa shape index (κ2) is 3.25. The van der Waals surface area contributed by atoms with Gasteiger partial charge in [0.05, 0.1) is 5.39 Å². The molecule has 0 aliphatic heterocycles. The molecule has 2 heterocycles. The van der Waals surface area contributed by atoms with E-state index >= 15 is 0 Å². The van der Waals surface area contributed by atoms with E-state index in [1.807, 2.05) is 0 Å². The zero-order chi connectivity index (χ0) is 14.9. The Kier molecular flexibility index (Phi) is 1.28. The number of thiophene rings is 1. The summed E-state index contributed by atoms with van der Waals surface area (Å²) in [7, 11) is 0. The molecular formula is C11H10N2O2S. The fraction of sp³-hybridized carbons (Fsp3) is 0.364. The monoisotopic (exact) mass is 238 g/mol. The normalized spacial score (nSPS) is 28.9. The molecule has 1 N–H and O–H groups in total. The maximum absolute atomic E-state index is 11.8. The highest BCUT2D eigenvalue weighted by Gasteiger charge is 2.32. The molecule has 0 radical (unpaired) electrons. The van der Waals surface area contributed by atoms with Crippen LogP contribution >= 0.6 is 11.3 Å². The van der Waals surface area contributed by atoms with E-state index in [1.165, 1.54) is 6.92 Å². The van der Waals surface area contributed by atoms with Crippen molar-refractivity contribution in [2.24, 2.45) is 0 Å². The Hall–Kier alpha value is -1.49. The number of hydrogen-bond donors (Lipinski definition) is 1. The van der Waals surface area contributed by atoms with Gasteiger partial charge in [0.2, 0.25) is 5.88 Å². The van der Waals surface area contributed by atoms with Gasteiger partial charge in [-0.2, -0.15) is 0 Å². The predicted molar refractivity (Wildman–Crippen MR) is 60.8 cm³/mol. The first-order chi connectivity index (χ1) is 9.19. The highest BCUT2D eigenvalue weighted by Crippen LogP contribution is 2.45. The Bertz CT molecular complexity index is 743. The van der Waals surface area contributed by atoms with Gasteiger partial charge in [0.15, 0.2) is 0 Å². The van der Waals surface area contributed by atoms with Crippen molar-refractivity contribution in [3.8, 4) is 5.88 Å². The summed E-state index contributed by atoms with van der Waals surface area (Å²) in [5.41, 5.74) is 0.186. The molecule has 1 aliphatic carbocycles. The minimum Gasteiger partial charge on any atom is -0.493 e. The van der Waals surface area contributed by atoms with Crippen molar-refractivity contribution in [1.82, 2.24) is 9.97 Å². The summed E-state index contributed by atoms with van der Waals surface area (Å²) in [5.74, 6) is -2.11. The number of hydrogen-bond acceptors (Lipinski definition) is 5. The quantitative estimate of drug-likeness (QED) is 0.825. The number of fused-ring (bicyclic) bond motifs is 3. The molecule has 0 saturated carbocycles. The van der Waals surface area contributed by atoms with Crippen molar-refractivity contribution < 1.29 is 15.4 Å². The van der Waals surface area contributed by atoms with Gasteiger partial charge in [-0.25, -0.2) is 9.97 Å². The first-order valence-electron chi connectivity index (χ1n) is 6.67. The number of carbonyl (C=O) groups is 1. The van der Waals surface area contributed by atoms with Gasteiger partial charge in [-0.15, -0.1) is 11.3 Å². The van der Waals surface area contributed by atoms with Crippen molar-refractivity contribution in [2.75, 3.05) is 0 Å². The number of ketones is 1. The van der Waals surface area contributed by atoms with Crippen molar-refractivity contribution in [3.05, 3.63) is 16.8 Å². The molecule has 0 bridgehead atoms. The lowest BCUT2D eigenvalue weighted by molar-refractivity contribution is -0.118. The summed E-state index contributed by atoms with van der Waals surface area (Å²) in [4.78, 5) is 19.9. The number of aromatic nitrogens is 2. The average Bonchev–Trinajstić information content (AvgIpc) is 2.75. The van der Waals surface area contributed by atoms with Gasteiger partial charge in [0.1, 0.15) is 16.9 Å². The lowest BCUT2D eigenvalue weighted by Crippen LogP contribution is -2.04. The maximum atomic E-state index is 11.8. The van der Waals surface area contributed by atoms with Crippen LogP contribution in [0.15, 0.2) is 6.33 Å². The molecule has 4 nitrogen and oxygen atoms in total. The van der Waals surface area contributed by atoms with E-state index < -0.39 is 24.4 Å². The van der Waals surface area contributed by atoms with Gasteiger partial charge in [-0.1, -0.05) is 0 Å². The SMILES string of the molecule is [2H]C1([2H])c2sc3ncnc(O)c3c2C(C(C)=O)C1([2H])[2H]. The molecular weight excluding hydrogens is 224 g/mol. The summed E-state index contributed by atoms with van der Waals surface area (Å²) >= 11 is 0.953. The van der Waals surface area contributed by atoms with Crippen molar-refractivity contribution in [1.29, 1.82) is 0 Å². The van der Waals surface area contributed by atoms with Crippen LogP contribution in [-0.2, 0) is 11.2 Å². The lowest BCUT2D eigenvalue weighted by atomic mass is 9.97. The molecule has 0 amide bonds. The molecule has 2 aromatic rings. The molecule has 2 aromatic heterocycles. The first-order valence-corrected chi connectivity index (χ1v) is 5.48. The summed E-state index contributed by atoms with van der Waals surface area (Å²) in [5, 5.41) is 10.0.